The molecule has 8 aliphatic rings. The molecule has 9 nitrogen and oxygen atoms in total. The normalized spacial score (nSPS) is 30.6. The number of nitrogens with one attached hydrogen (secondary N) is 1. The Labute approximate surface area is 323 Å². The van der Waals surface area contributed by atoms with Gasteiger partial charge in [0.25, 0.3) is 5.91 Å². The molecule has 2 amide bonds. The molecule has 1 aliphatic carbocycles. The summed E-state index contributed by atoms with van der Waals surface area (Å²) in [6, 6.07) is 23.8. The molecule has 10 heteroatoms. The summed E-state index contributed by atoms with van der Waals surface area (Å²) in [5.41, 5.74) is 5.35. The van der Waals surface area contributed by atoms with Crippen LogP contribution in [0.4, 0.5) is 11.4 Å². The molecule has 2 N–H and O–H groups in total. The summed E-state index contributed by atoms with van der Waals surface area (Å²) in [7, 11) is -2.33. The van der Waals surface area contributed by atoms with Crippen molar-refractivity contribution in [1.29, 1.82) is 0 Å². The molecule has 0 aromatic heterocycles. The van der Waals surface area contributed by atoms with Crippen molar-refractivity contribution in [1.82, 2.24) is 10.2 Å². The second-order valence-corrected chi connectivity index (χ2v) is 21.9. The van der Waals surface area contributed by atoms with Crippen LogP contribution in [-0.2, 0) is 15.1 Å². The number of ether oxygens (including phenoxy) is 1. The number of rotatable bonds is 6. The van der Waals surface area contributed by atoms with Crippen LogP contribution >= 0.6 is 0 Å². The molecule has 4 saturated heterocycles. The van der Waals surface area contributed by atoms with E-state index >= 15 is 0 Å². The molecule has 2 spiro atoms. The average Bonchev–Trinajstić information content (AvgIpc) is 4.03. The van der Waals surface area contributed by atoms with Crippen molar-refractivity contribution in [3.05, 3.63) is 94.6 Å². The van der Waals surface area contributed by atoms with Gasteiger partial charge in [-0.15, -0.1) is 0 Å². The second-order valence-electron chi connectivity index (χ2n) is 17.7. The highest BCUT2D eigenvalue weighted by Gasteiger charge is 2.59. The minimum absolute atomic E-state index is 0.184. The first kappa shape index (κ1) is 33.9. The number of nitrogens with zero attached hydrogens (tertiary/aromatic N) is 3. The van der Waals surface area contributed by atoms with Crippen molar-refractivity contribution in [2.24, 2.45) is 5.92 Å². The molecule has 1 saturated carbocycles. The van der Waals surface area contributed by atoms with E-state index in [1.54, 1.807) is 12.1 Å². The van der Waals surface area contributed by atoms with Crippen LogP contribution < -0.4 is 25.5 Å². The van der Waals surface area contributed by atoms with Gasteiger partial charge in [0.05, 0.1) is 5.56 Å². The van der Waals surface area contributed by atoms with Gasteiger partial charge in [0.1, 0.15) is 14.3 Å². The zero-order chi connectivity index (χ0) is 37.1. The molecule has 4 bridgehead atoms. The number of aliphatic hydroxyl groups is 1. The van der Waals surface area contributed by atoms with Gasteiger partial charge in [-0.25, -0.2) is 4.79 Å². The zero-order valence-corrected chi connectivity index (χ0v) is 32.5. The molecule has 0 radical (unpaired) electrons. The van der Waals surface area contributed by atoms with Crippen molar-refractivity contribution in [2.75, 3.05) is 29.4 Å². The summed E-state index contributed by atoms with van der Waals surface area (Å²) < 4.78 is 6.85. The first-order valence-electron chi connectivity index (χ1n) is 21.0. The Morgan fingerprint density at radius 2 is 1.55 bits per heavy atom. The molecule has 4 atom stereocenters. The van der Waals surface area contributed by atoms with Gasteiger partial charge in [0.15, 0.2) is 5.60 Å². The maximum Gasteiger partial charge on any atom is 0.340 e. The highest BCUT2D eigenvalue weighted by atomic mass is 28.3. The predicted molar refractivity (Wildman–Crippen MR) is 214 cm³/mol. The maximum absolute atomic E-state index is 14.2. The van der Waals surface area contributed by atoms with Gasteiger partial charge in [-0.1, -0.05) is 37.8 Å². The van der Waals surface area contributed by atoms with E-state index in [9.17, 15) is 19.5 Å². The number of benzene rings is 3. The Morgan fingerprint density at radius 3 is 2.25 bits per heavy atom. The lowest BCUT2D eigenvalue weighted by Crippen LogP contribution is -2.67. The summed E-state index contributed by atoms with van der Waals surface area (Å²) in [5.74, 6) is -0.155. The summed E-state index contributed by atoms with van der Waals surface area (Å²) in [6.45, 7) is 1.49. The van der Waals surface area contributed by atoms with E-state index in [4.69, 9.17) is 4.74 Å². The minimum Gasteiger partial charge on any atom is -0.441 e. The number of esters is 1. The van der Waals surface area contributed by atoms with E-state index in [2.05, 4.69) is 51.5 Å². The third kappa shape index (κ3) is 4.95. The van der Waals surface area contributed by atoms with Crippen molar-refractivity contribution >= 4 is 47.6 Å². The highest BCUT2D eigenvalue weighted by molar-refractivity contribution is 7.03. The molecule has 7 aliphatic heterocycles. The molecule has 3 aromatic rings. The number of aliphatic hydroxyl groups excluding tert-OH is 1. The third-order valence-corrected chi connectivity index (χ3v) is 20.3. The molecule has 7 heterocycles. The Morgan fingerprint density at radius 1 is 0.818 bits per heavy atom. The van der Waals surface area contributed by atoms with Crippen LogP contribution in [0.15, 0.2) is 66.7 Å². The molecule has 5 fully saturated rings. The molecule has 11 rings (SSSR count). The molecular weight excluding hydrogens is 705 g/mol. The Balaban J connectivity index is 1.06. The van der Waals surface area contributed by atoms with Crippen LogP contribution in [0.3, 0.4) is 0 Å². The van der Waals surface area contributed by atoms with Crippen LogP contribution in [-0.4, -0.2) is 79.9 Å². The first-order valence-corrected chi connectivity index (χ1v) is 23.4. The monoisotopic (exact) mass is 754 g/mol. The van der Waals surface area contributed by atoms with Crippen LogP contribution in [0, 0.1) is 5.92 Å². The van der Waals surface area contributed by atoms with Crippen molar-refractivity contribution < 1.29 is 24.2 Å². The van der Waals surface area contributed by atoms with E-state index in [1.165, 1.54) is 122 Å². The number of anilines is 2. The van der Waals surface area contributed by atoms with Crippen molar-refractivity contribution in [3.8, 4) is 0 Å². The van der Waals surface area contributed by atoms with Gasteiger partial charge in [-0.05, 0) is 122 Å². The van der Waals surface area contributed by atoms with Gasteiger partial charge in [0, 0.05) is 77.5 Å². The van der Waals surface area contributed by atoms with Crippen molar-refractivity contribution in [3.63, 3.8) is 0 Å². The summed E-state index contributed by atoms with van der Waals surface area (Å²) in [5, 5.41) is 16.0. The smallest absolute Gasteiger partial charge is 0.340 e. The van der Waals surface area contributed by atoms with Crippen LogP contribution in [0.5, 0.6) is 0 Å². The molecule has 3 aromatic carbocycles. The van der Waals surface area contributed by atoms with E-state index in [-0.39, 0.29) is 30.9 Å². The van der Waals surface area contributed by atoms with E-state index in [0.717, 1.165) is 29.2 Å². The summed E-state index contributed by atoms with van der Waals surface area (Å²) in [4.78, 5) is 46.9. The fourth-order valence-corrected chi connectivity index (χ4v) is 18.2. The van der Waals surface area contributed by atoms with Gasteiger partial charge in [-0.3, -0.25) is 9.59 Å². The molecule has 4 unspecified atom stereocenters. The van der Waals surface area contributed by atoms with E-state index < -0.39 is 19.9 Å². The van der Waals surface area contributed by atoms with Gasteiger partial charge < -0.3 is 29.9 Å². The van der Waals surface area contributed by atoms with Crippen LogP contribution in [0.25, 0.3) is 0 Å². The summed E-state index contributed by atoms with van der Waals surface area (Å²) >= 11 is 0. The standard InChI is InChI=1S/C45H50N4O5Si/c50-41-17-18-42(51)47(41)20-19-46-43(52)29-7-14-35-38(24-29)45(54-44(35)53)36-15-12-33(48-27-28-5-4-6-32(48)23-28)25-39(36)55(21-2-1-3-22-55)40-26-34(13-16-37(40)45)49-30-8-9-31(49)11-10-30/h7,12-18,24-26,28,30-32,41,50H,1-6,8-11,19-23,27H2,(H,46,52). The van der Waals surface area contributed by atoms with Crippen LogP contribution in [0.2, 0.25) is 12.1 Å². The third-order valence-electron chi connectivity index (χ3n) is 15.0. The Bertz CT molecular complexity index is 2140. The predicted octanol–water partition coefficient (Wildman–Crippen LogP) is 5.17. The number of carbonyl (C=O) groups excluding carboxylic acids is 3. The minimum atomic E-state index is -2.33. The first-order chi connectivity index (χ1) is 26.8. The quantitative estimate of drug-likeness (QED) is 0.265. The highest BCUT2D eigenvalue weighted by Crippen LogP contribution is 2.52. The maximum atomic E-state index is 14.2. The van der Waals surface area contributed by atoms with E-state index in [0.29, 0.717) is 29.3 Å². The molecule has 284 valence electrons. The SMILES string of the molecule is O=C(NCCN1C(=O)C=CC1O)c1ccc2c(c1)C1(OC2=O)c2ccc(N3CC4CCCC3C4)cc2[Si]2(CCCCC2)c2cc(N3C4CCC3CC4)ccc21. The summed E-state index contributed by atoms with van der Waals surface area (Å²) in [6.07, 6.45) is 15.7. The largest absolute Gasteiger partial charge is 0.441 e. The fourth-order valence-electron chi connectivity index (χ4n) is 12.5. The van der Waals surface area contributed by atoms with Crippen LogP contribution in [0.1, 0.15) is 108 Å². The average molecular weight is 755 g/mol. The second kappa shape index (κ2) is 12.5. The lowest BCUT2D eigenvalue weighted by Gasteiger charge is -2.49. The molecule has 55 heavy (non-hydrogen) atoms. The zero-order valence-electron chi connectivity index (χ0n) is 31.5. The lowest BCUT2D eigenvalue weighted by atomic mass is 9.78. The van der Waals surface area contributed by atoms with E-state index in [1.807, 2.05) is 6.07 Å². The van der Waals surface area contributed by atoms with Crippen molar-refractivity contribution in [2.45, 2.75) is 113 Å². The Hall–Kier alpha value is -4.41. The number of hydrogen-bond donors (Lipinski definition) is 2. The van der Waals surface area contributed by atoms with Gasteiger partial charge >= 0.3 is 5.97 Å². The number of hydrogen-bond acceptors (Lipinski definition) is 7. The van der Waals surface area contributed by atoms with Gasteiger partial charge in [0.2, 0.25) is 5.91 Å². The number of carbonyl (C=O) groups is 3. The fraction of sp³-hybridized carbons (Fsp3) is 0.489. The number of amides is 2. The van der Waals surface area contributed by atoms with Gasteiger partial charge in [-0.2, -0.15) is 0 Å². The number of fused-ring (bicyclic) bond motifs is 12. The topological polar surface area (TPSA) is 102 Å². The lowest BCUT2D eigenvalue weighted by molar-refractivity contribution is -0.130. The Kier molecular flexibility index (Phi) is 7.73. The molecular formula is C45H50N4O5Si.